The van der Waals surface area contributed by atoms with Crippen molar-refractivity contribution in [2.24, 2.45) is 0 Å². The first-order valence-corrected chi connectivity index (χ1v) is 10.5. The van der Waals surface area contributed by atoms with E-state index in [1.165, 1.54) is 15.8 Å². The Bertz CT molecular complexity index is 1090. The second-order valence-electron chi connectivity index (χ2n) is 6.94. The highest BCUT2D eigenvalue weighted by Gasteiger charge is 2.23. The molecular formula is C21H23N3O3S. The molecule has 7 heteroatoms. The van der Waals surface area contributed by atoms with Gasteiger partial charge in [0.2, 0.25) is 5.91 Å². The molecule has 0 spiro atoms. The Balaban J connectivity index is 1.65. The molecule has 28 heavy (non-hydrogen) atoms. The van der Waals surface area contributed by atoms with Crippen LogP contribution in [0.5, 0.6) is 5.75 Å². The predicted molar refractivity (Wildman–Crippen MR) is 111 cm³/mol. The first-order valence-electron chi connectivity index (χ1n) is 9.64. The normalized spacial score (nSPS) is 14.5. The van der Waals surface area contributed by atoms with E-state index in [0.717, 1.165) is 36.1 Å². The lowest BCUT2D eigenvalue weighted by molar-refractivity contribution is -0.118. The van der Waals surface area contributed by atoms with E-state index in [1.807, 2.05) is 19.1 Å². The molecule has 2 heterocycles. The van der Waals surface area contributed by atoms with Crippen LogP contribution >= 0.6 is 11.3 Å². The first kappa shape index (κ1) is 18.7. The molecule has 0 fully saturated rings. The molecule has 6 nitrogen and oxygen atoms in total. The molecule has 2 aromatic heterocycles. The summed E-state index contributed by atoms with van der Waals surface area (Å²) >= 11 is 1.61. The largest absolute Gasteiger partial charge is 0.492 e. The standard InChI is InChI=1S/C21H23N3O3S/c1-3-27-16-10-6-5-9-15(16)23-19(25)13(2)24-12-22-20-18(21(24)26)14-8-4-7-11-17(14)28-20/h5-6,9-10,12-13H,3-4,7-8,11H2,1-2H3,(H,23,25)/t13-/m0/s1. The summed E-state index contributed by atoms with van der Waals surface area (Å²) in [6.45, 7) is 4.11. The second kappa shape index (κ2) is 7.75. The Kier molecular flexibility index (Phi) is 5.17. The van der Waals surface area contributed by atoms with Crippen LogP contribution in [0.2, 0.25) is 0 Å². The van der Waals surface area contributed by atoms with Crippen LogP contribution in [0.4, 0.5) is 5.69 Å². The smallest absolute Gasteiger partial charge is 0.263 e. The molecule has 1 aromatic carbocycles. The molecule has 0 radical (unpaired) electrons. The minimum absolute atomic E-state index is 0.134. The van der Waals surface area contributed by atoms with Gasteiger partial charge < -0.3 is 10.1 Å². The number of amides is 1. The van der Waals surface area contributed by atoms with Crippen LogP contribution in [-0.4, -0.2) is 22.1 Å². The molecule has 1 N–H and O–H groups in total. The maximum atomic E-state index is 13.2. The number of anilines is 1. The number of hydrogen-bond acceptors (Lipinski definition) is 5. The van der Waals surface area contributed by atoms with Gasteiger partial charge in [0, 0.05) is 4.88 Å². The fourth-order valence-corrected chi connectivity index (χ4v) is 4.87. The summed E-state index contributed by atoms with van der Waals surface area (Å²) in [6.07, 6.45) is 5.67. The van der Waals surface area contributed by atoms with Crippen LogP contribution < -0.4 is 15.6 Å². The molecule has 1 aliphatic rings. The maximum absolute atomic E-state index is 13.2. The zero-order chi connectivity index (χ0) is 19.7. The van der Waals surface area contributed by atoms with Crippen molar-refractivity contribution >= 4 is 33.1 Å². The van der Waals surface area contributed by atoms with Gasteiger partial charge in [-0.25, -0.2) is 4.98 Å². The highest BCUT2D eigenvalue weighted by Crippen LogP contribution is 2.33. The zero-order valence-corrected chi connectivity index (χ0v) is 16.8. The van der Waals surface area contributed by atoms with Crippen LogP contribution in [-0.2, 0) is 17.6 Å². The summed E-state index contributed by atoms with van der Waals surface area (Å²) in [6, 6.07) is 6.60. The number of para-hydroxylation sites is 2. The highest BCUT2D eigenvalue weighted by molar-refractivity contribution is 7.18. The van der Waals surface area contributed by atoms with Crippen LogP contribution in [0.1, 0.15) is 43.2 Å². The number of nitrogens with zero attached hydrogens (tertiary/aromatic N) is 2. The van der Waals surface area contributed by atoms with Crippen molar-refractivity contribution in [2.45, 2.75) is 45.6 Å². The number of fused-ring (bicyclic) bond motifs is 3. The lowest BCUT2D eigenvalue weighted by Crippen LogP contribution is -2.32. The van der Waals surface area contributed by atoms with Crippen molar-refractivity contribution in [2.75, 3.05) is 11.9 Å². The number of aromatic nitrogens is 2. The molecule has 1 amide bonds. The number of rotatable bonds is 5. The fourth-order valence-electron chi connectivity index (χ4n) is 3.65. The van der Waals surface area contributed by atoms with Crippen LogP contribution in [0.3, 0.4) is 0 Å². The van der Waals surface area contributed by atoms with E-state index in [2.05, 4.69) is 10.3 Å². The van der Waals surface area contributed by atoms with Crippen molar-refractivity contribution in [1.29, 1.82) is 0 Å². The average Bonchev–Trinajstić information content (AvgIpc) is 3.09. The predicted octanol–water partition coefficient (Wildman–Crippen LogP) is 3.94. The second-order valence-corrected chi connectivity index (χ2v) is 8.03. The number of aryl methyl sites for hydroxylation is 2. The Hall–Kier alpha value is -2.67. The molecule has 0 aliphatic heterocycles. The van der Waals surface area contributed by atoms with Crippen molar-refractivity contribution < 1.29 is 9.53 Å². The molecule has 0 saturated heterocycles. The fraction of sp³-hybridized carbons (Fsp3) is 0.381. The van der Waals surface area contributed by atoms with Crippen LogP contribution in [0.25, 0.3) is 10.2 Å². The third kappa shape index (κ3) is 3.30. The van der Waals surface area contributed by atoms with E-state index in [9.17, 15) is 9.59 Å². The number of nitrogens with one attached hydrogen (secondary N) is 1. The monoisotopic (exact) mass is 397 g/mol. The van der Waals surface area contributed by atoms with E-state index in [-0.39, 0.29) is 11.5 Å². The Morgan fingerprint density at radius 3 is 2.93 bits per heavy atom. The van der Waals surface area contributed by atoms with Gasteiger partial charge in [-0.1, -0.05) is 12.1 Å². The van der Waals surface area contributed by atoms with Gasteiger partial charge >= 0.3 is 0 Å². The third-order valence-corrected chi connectivity index (χ3v) is 6.34. The third-order valence-electron chi connectivity index (χ3n) is 5.14. The van der Waals surface area contributed by atoms with Gasteiger partial charge in [0.25, 0.3) is 5.56 Å². The number of carbonyl (C=O) groups excluding carboxylic acids is 1. The van der Waals surface area contributed by atoms with E-state index in [1.54, 1.807) is 30.4 Å². The lowest BCUT2D eigenvalue weighted by atomic mass is 9.97. The Morgan fingerprint density at radius 1 is 1.32 bits per heavy atom. The molecule has 0 bridgehead atoms. The van der Waals surface area contributed by atoms with Gasteiger partial charge in [-0.2, -0.15) is 0 Å². The number of ether oxygens (including phenoxy) is 1. The molecule has 0 saturated carbocycles. The van der Waals surface area contributed by atoms with E-state index in [4.69, 9.17) is 4.74 Å². The molecule has 146 valence electrons. The minimum Gasteiger partial charge on any atom is -0.492 e. The molecule has 1 atom stereocenters. The van der Waals surface area contributed by atoms with Gasteiger partial charge in [0.15, 0.2) is 0 Å². The van der Waals surface area contributed by atoms with Gasteiger partial charge in [-0.15, -0.1) is 11.3 Å². The quantitative estimate of drug-likeness (QED) is 0.708. The van der Waals surface area contributed by atoms with E-state index in [0.29, 0.717) is 23.4 Å². The van der Waals surface area contributed by atoms with Crippen LogP contribution in [0.15, 0.2) is 35.4 Å². The van der Waals surface area contributed by atoms with Crippen molar-refractivity contribution in [3.05, 3.63) is 51.4 Å². The minimum atomic E-state index is -0.682. The van der Waals surface area contributed by atoms with Gasteiger partial charge in [0.1, 0.15) is 16.6 Å². The highest BCUT2D eigenvalue weighted by atomic mass is 32.1. The number of carbonyl (C=O) groups is 1. The summed E-state index contributed by atoms with van der Waals surface area (Å²) in [5.74, 6) is 0.331. The summed E-state index contributed by atoms with van der Waals surface area (Å²) in [5.41, 5.74) is 1.59. The topological polar surface area (TPSA) is 73.2 Å². The summed E-state index contributed by atoms with van der Waals surface area (Å²) in [5, 5.41) is 3.57. The van der Waals surface area contributed by atoms with E-state index < -0.39 is 6.04 Å². The SMILES string of the molecule is CCOc1ccccc1NC(=O)[C@H](C)n1cnc2sc3c(c2c1=O)CCCC3. The summed E-state index contributed by atoms with van der Waals surface area (Å²) in [4.78, 5) is 32.5. The Labute approximate surface area is 167 Å². The van der Waals surface area contributed by atoms with Crippen molar-refractivity contribution in [1.82, 2.24) is 9.55 Å². The first-order chi connectivity index (χ1) is 13.6. The summed E-state index contributed by atoms with van der Waals surface area (Å²) < 4.78 is 7.00. The molecule has 3 aromatic rings. The van der Waals surface area contributed by atoms with Gasteiger partial charge in [0.05, 0.1) is 24.0 Å². The zero-order valence-electron chi connectivity index (χ0n) is 16.0. The molecule has 0 unspecified atom stereocenters. The lowest BCUT2D eigenvalue weighted by Gasteiger charge is -2.17. The maximum Gasteiger partial charge on any atom is 0.263 e. The summed E-state index contributed by atoms with van der Waals surface area (Å²) in [7, 11) is 0. The molecule has 1 aliphatic carbocycles. The molecule has 4 rings (SSSR count). The van der Waals surface area contributed by atoms with Gasteiger partial charge in [-0.05, 0) is 57.2 Å². The number of benzene rings is 1. The van der Waals surface area contributed by atoms with Gasteiger partial charge in [-0.3, -0.25) is 14.2 Å². The average molecular weight is 398 g/mol. The van der Waals surface area contributed by atoms with Crippen LogP contribution in [0, 0.1) is 0 Å². The van der Waals surface area contributed by atoms with Crippen molar-refractivity contribution in [3.63, 3.8) is 0 Å². The Morgan fingerprint density at radius 2 is 2.11 bits per heavy atom. The van der Waals surface area contributed by atoms with Crippen molar-refractivity contribution in [3.8, 4) is 5.75 Å². The molecular weight excluding hydrogens is 374 g/mol. The number of hydrogen-bond donors (Lipinski definition) is 1. The van der Waals surface area contributed by atoms with E-state index >= 15 is 0 Å². The number of thiophene rings is 1.